The van der Waals surface area contributed by atoms with Gasteiger partial charge in [-0.2, -0.15) is 5.10 Å². The summed E-state index contributed by atoms with van der Waals surface area (Å²) in [5.74, 6) is 0.0604. The number of carbonyl (C=O) groups excluding carboxylic acids is 1. The summed E-state index contributed by atoms with van der Waals surface area (Å²) in [4.78, 5) is 20.1. The molecule has 0 saturated heterocycles. The quantitative estimate of drug-likeness (QED) is 0.693. The molecule has 0 radical (unpaired) electrons. The zero-order chi connectivity index (χ0) is 16.4. The molecule has 0 atom stereocenters. The molecule has 1 aromatic carbocycles. The van der Waals surface area contributed by atoms with Gasteiger partial charge in [0, 0.05) is 23.3 Å². The van der Waals surface area contributed by atoms with Gasteiger partial charge in [-0.1, -0.05) is 30.3 Å². The van der Waals surface area contributed by atoms with Crippen molar-refractivity contribution in [3.8, 4) is 0 Å². The molecule has 0 unspecified atom stereocenters. The molecule has 5 nitrogen and oxygen atoms in total. The Morgan fingerprint density at radius 1 is 1.25 bits per heavy atom. The van der Waals surface area contributed by atoms with Gasteiger partial charge in [-0.25, -0.2) is 0 Å². The first-order valence-electron chi connectivity index (χ1n) is 8.04. The minimum atomic E-state index is 0.0604. The Labute approximate surface area is 144 Å². The molecule has 1 aliphatic carbocycles. The molecule has 2 heterocycles. The van der Waals surface area contributed by atoms with Gasteiger partial charge in [-0.05, 0) is 18.4 Å². The summed E-state index contributed by atoms with van der Waals surface area (Å²) in [5.41, 5.74) is 3.63. The zero-order valence-electron chi connectivity index (χ0n) is 13.2. The predicted molar refractivity (Wildman–Crippen MR) is 92.8 cm³/mol. The summed E-state index contributed by atoms with van der Waals surface area (Å²) >= 11 is 1.59. The van der Waals surface area contributed by atoms with E-state index in [-0.39, 0.29) is 5.91 Å². The van der Waals surface area contributed by atoms with Crippen LogP contribution in [0, 0.1) is 0 Å². The zero-order valence-corrected chi connectivity index (χ0v) is 14.0. The summed E-state index contributed by atoms with van der Waals surface area (Å²) in [6, 6.07) is 10.5. The van der Waals surface area contributed by atoms with Crippen molar-refractivity contribution in [2.45, 2.75) is 32.0 Å². The van der Waals surface area contributed by atoms with Gasteiger partial charge < -0.3 is 4.90 Å². The minimum Gasteiger partial charge on any atom is -0.330 e. The first-order chi connectivity index (χ1) is 11.8. The summed E-state index contributed by atoms with van der Waals surface area (Å²) in [6.07, 6.45) is 7.53. The van der Waals surface area contributed by atoms with Crippen LogP contribution in [0.1, 0.15) is 33.6 Å². The largest absolute Gasteiger partial charge is 0.330 e. The highest BCUT2D eigenvalue weighted by molar-refractivity contribution is 7.09. The second-order valence-electron chi connectivity index (χ2n) is 6.04. The first kappa shape index (κ1) is 15.1. The van der Waals surface area contributed by atoms with Crippen LogP contribution in [0.15, 0.2) is 54.4 Å². The van der Waals surface area contributed by atoms with Gasteiger partial charge >= 0.3 is 0 Å². The number of amides is 1. The second-order valence-corrected chi connectivity index (χ2v) is 7.02. The lowest BCUT2D eigenvalue weighted by Gasteiger charge is -2.20. The van der Waals surface area contributed by atoms with Crippen molar-refractivity contribution in [2.24, 2.45) is 0 Å². The normalized spacial score (nSPS) is 13.8. The molecule has 1 saturated carbocycles. The number of aromatic nitrogens is 3. The fraction of sp³-hybridized carbons (Fsp3) is 0.278. The third-order valence-electron chi connectivity index (χ3n) is 4.13. The molecule has 2 aromatic heterocycles. The highest BCUT2D eigenvalue weighted by atomic mass is 32.1. The van der Waals surface area contributed by atoms with Crippen molar-refractivity contribution in [1.82, 2.24) is 19.7 Å². The molecule has 1 fully saturated rings. The highest BCUT2D eigenvalue weighted by Crippen LogP contribution is 2.30. The Hall–Kier alpha value is -2.47. The molecule has 0 spiro atoms. The van der Waals surface area contributed by atoms with E-state index in [0.29, 0.717) is 24.7 Å². The fourth-order valence-corrected chi connectivity index (χ4v) is 3.33. The van der Waals surface area contributed by atoms with E-state index in [1.54, 1.807) is 17.5 Å². The molecular weight excluding hydrogens is 320 g/mol. The van der Waals surface area contributed by atoms with Gasteiger partial charge in [-0.3, -0.25) is 14.5 Å². The molecule has 6 heteroatoms. The summed E-state index contributed by atoms with van der Waals surface area (Å²) in [7, 11) is 0. The average molecular weight is 338 g/mol. The minimum absolute atomic E-state index is 0.0604. The Morgan fingerprint density at radius 2 is 2.08 bits per heavy atom. The second kappa shape index (κ2) is 6.57. The van der Waals surface area contributed by atoms with Crippen molar-refractivity contribution >= 4 is 17.2 Å². The molecule has 122 valence electrons. The molecule has 1 aliphatic rings. The summed E-state index contributed by atoms with van der Waals surface area (Å²) < 4.78 is 1.82. The van der Waals surface area contributed by atoms with E-state index in [1.807, 2.05) is 45.7 Å². The number of rotatable bonds is 6. The molecule has 4 rings (SSSR count). The lowest BCUT2D eigenvalue weighted by molar-refractivity contribution is 0.0731. The molecular formula is C18H18N4OS. The molecule has 1 amide bonds. The molecule has 3 aromatic rings. The highest BCUT2D eigenvalue weighted by Gasteiger charge is 2.33. The van der Waals surface area contributed by atoms with Gasteiger partial charge in [0.05, 0.1) is 30.4 Å². The Morgan fingerprint density at radius 3 is 2.79 bits per heavy atom. The van der Waals surface area contributed by atoms with E-state index in [9.17, 15) is 4.79 Å². The number of hydrogen-bond donors (Lipinski definition) is 0. The van der Waals surface area contributed by atoms with Crippen molar-refractivity contribution in [3.63, 3.8) is 0 Å². The van der Waals surface area contributed by atoms with Gasteiger partial charge in [0.1, 0.15) is 0 Å². The monoisotopic (exact) mass is 338 g/mol. The smallest absolute Gasteiger partial charge is 0.257 e. The average Bonchev–Trinajstić information content (AvgIpc) is 3.11. The number of carbonyl (C=O) groups is 1. The standard InChI is InChI=1S/C18H18N4OS/c23-18(22(16-6-7-16)12-17-9-19-13-24-17)15-8-20-21(11-15)10-14-4-2-1-3-5-14/h1-5,8-9,11,13,16H,6-7,10,12H2. The van der Waals surface area contributed by atoms with Crippen molar-refractivity contribution < 1.29 is 4.79 Å². The number of nitrogens with zero attached hydrogens (tertiary/aromatic N) is 4. The van der Waals surface area contributed by atoms with Crippen LogP contribution >= 0.6 is 11.3 Å². The van der Waals surface area contributed by atoms with Crippen LogP contribution in [-0.2, 0) is 13.1 Å². The van der Waals surface area contributed by atoms with Crippen LogP contribution < -0.4 is 0 Å². The Kier molecular flexibility index (Phi) is 4.13. The van der Waals surface area contributed by atoms with Crippen LogP contribution in [0.4, 0.5) is 0 Å². The SMILES string of the molecule is O=C(c1cnn(Cc2ccccc2)c1)N(Cc1cncs1)C1CC1. The first-order valence-corrected chi connectivity index (χ1v) is 8.92. The van der Waals surface area contributed by atoms with E-state index < -0.39 is 0 Å². The predicted octanol–water partition coefficient (Wildman–Crippen LogP) is 3.19. The third-order valence-corrected chi connectivity index (χ3v) is 4.89. The van der Waals surface area contributed by atoms with E-state index in [4.69, 9.17) is 0 Å². The van der Waals surface area contributed by atoms with Gasteiger partial charge in [0.15, 0.2) is 0 Å². The van der Waals surface area contributed by atoms with Gasteiger partial charge in [0.2, 0.25) is 0 Å². The van der Waals surface area contributed by atoms with Crippen LogP contribution in [0.2, 0.25) is 0 Å². The van der Waals surface area contributed by atoms with Crippen molar-refractivity contribution in [3.05, 3.63) is 70.4 Å². The van der Waals surface area contributed by atoms with Crippen LogP contribution in [0.5, 0.6) is 0 Å². The molecule has 24 heavy (non-hydrogen) atoms. The summed E-state index contributed by atoms with van der Waals surface area (Å²) in [6.45, 7) is 1.31. The topological polar surface area (TPSA) is 51.0 Å². The fourth-order valence-electron chi connectivity index (χ4n) is 2.74. The maximum atomic E-state index is 12.9. The lowest BCUT2D eigenvalue weighted by atomic mass is 10.2. The lowest BCUT2D eigenvalue weighted by Crippen LogP contribution is -2.32. The maximum Gasteiger partial charge on any atom is 0.257 e. The maximum absolute atomic E-state index is 12.9. The van der Waals surface area contributed by atoms with Crippen molar-refractivity contribution in [2.75, 3.05) is 0 Å². The van der Waals surface area contributed by atoms with Crippen LogP contribution in [0.25, 0.3) is 0 Å². The molecule has 0 aliphatic heterocycles. The molecule has 0 bridgehead atoms. The van der Waals surface area contributed by atoms with Crippen LogP contribution in [-0.4, -0.2) is 31.6 Å². The van der Waals surface area contributed by atoms with E-state index in [2.05, 4.69) is 22.2 Å². The van der Waals surface area contributed by atoms with E-state index in [1.165, 1.54) is 5.56 Å². The third kappa shape index (κ3) is 3.38. The van der Waals surface area contributed by atoms with Crippen molar-refractivity contribution in [1.29, 1.82) is 0 Å². The number of benzene rings is 1. The number of thiazole rings is 1. The van der Waals surface area contributed by atoms with Gasteiger partial charge in [0.25, 0.3) is 5.91 Å². The van der Waals surface area contributed by atoms with Crippen LogP contribution in [0.3, 0.4) is 0 Å². The Balaban J connectivity index is 1.49. The van der Waals surface area contributed by atoms with E-state index in [0.717, 1.165) is 17.7 Å². The summed E-state index contributed by atoms with van der Waals surface area (Å²) in [5, 5.41) is 4.35. The number of hydrogen-bond acceptors (Lipinski definition) is 4. The Bertz CT molecular complexity index is 809. The van der Waals surface area contributed by atoms with Gasteiger partial charge in [-0.15, -0.1) is 11.3 Å². The van der Waals surface area contributed by atoms with E-state index >= 15 is 0 Å². The molecule has 0 N–H and O–H groups in total.